The molecule has 3 N–H and O–H groups in total. The minimum Gasteiger partial charge on any atom is -0.494 e. The number of thiophene rings is 1. The number of ether oxygens (including phenoxy) is 1. The minimum atomic E-state index is -0.320. The van der Waals surface area contributed by atoms with Gasteiger partial charge in [0.05, 0.1) is 12.3 Å². The molecule has 27 heavy (non-hydrogen) atoms. The van der Waals surface area contributed by atoms with Crippen LogP contribution in [0.1, 0.15) is 24.3 Å². The van der Waals surface area contributed by atoms with Crippen LogP contribution >= 0.6 is 11.3 Å². The van der Waals surface area contributed by atoms with Crippen molar-refractivity contribution in [2.45, 2.75) is 13.8 Å². The van der Waals surface area contributed by atoms with Gasteiger partial charge in [0.15, 0.2) is 0 Å². The van der Waals surface area contributed by atoms with Crippen molar-refractivity contribution in [3.8, 4) is 29.0 Å². The highest BCUT2D eigenvalue weighted by Gasteiger charge is 2.23. The molecule has 0 spiro atoms. The average molecular weight is 377 g/mol. The molecule has 0 aliphatic rings. The highest BCUT2D eigenvalue weighted by Crippen LogP contribution is 2.43. The van der Waals surface area contributed by atoms with Crippen LogP contribution < -0.4 is 15.8 Å². The zero-order valence-electron chi connectivity index (χ0n) is 14.7. The van der Waals surface area contributed by atoms with Gasteiger partial charge in [0.1, 0.15) is 39.0 Å². The van der Waals surface area contributed by atoms with E-state index in [1.54, 1.807) is 24.3 Å². The molecule has 7 nitrogen and oxygen atoms in total. The number of nitrogens with zero attached hydrogens (tertiary/aromatic N) is 3. The smallest absolute Gasteiger partial charge is 0.221 e. The Morgan fingerprint density at radius 3 is 2.56 bits per heavy atom. The standard InChI is InChI=1S/C19H15N5O2S/c1-3-26-12-6-4-11(5-7-12)15-13(8-20)18(22)24-19-16(15)17(23-10(2)25)14(9-21)27-19/h4-7H,3H2,1-2H3,(H2,22,24)(H,23,25). The lowest BCUT2D eigenvalue weighted by molar-refractivity contribution is -0.114. The lowest BCUT2D eigenvalue weighted by atomic mass is 9.97. The summed E-state index contributed by atoms with van der Waals surface area (Å²) < 4.78 is 5.46. The number of nitrogens with two attached hydrogens (primary N) is 1. The number of benzene rings is 1. The third kappa shape index (κ3) is 3.26. The lowest BCUT2D eigenvalue weighted by Crippen LogP contribution is -2.07. The van der Waals surface area contributed by atoms with Crippen LogP contribution in [0.5, 0.6) is 5.75 Å². The van der Waals surface area contributed by atoms with Gasteiger partial charge >= 0.3 is 0 Å². The summed E-state index contributed by atoms with van der Waals surface area (Å²) in [5, 5.41) is 22.3. The summed E-state index contributed by atoms with van der Waals surface area (Å²) in [6.45, 7) is 3.79. The number of nitriles is 2. The van der Waals surface area contributed by atoms with E-state index >= 15 is 0 Å². The zero-order valence-corrected chi connectivity index (χ0v) is 15.5. The Morgan fingerprint density at radius 1 is 1.30 bits per heavy atom. The van der Waals surface area contributed by atoms with Crippen LogP contribution in [-0.4, -0.2) is 17.5 Å². The van der Waals surface area contributed by atoms with Crippen molar-refractivity contribution in [2.24, 2.45) is 0 Å². The van der Waals surface area contributed by atoms with Gasteiger partial charge in [-0.25, -0.2) is 4.98 Å². The summed E-state index contributed by atoms with van der Waals surface area (Å²) in [6.07, 6.45) is 0. The first-order valence-corrected chi connectivity index (χ1v) is 8.88. The Hall–Kier alpha value is -3.62. The molecule has 0 saturated heterocycles. The second kappa shape index (κ2) is 7.32. The number of amides is 1. The highest BCUT2D eigenvalue weighted by atomic mass is 32.1. The number of carbonyl (C=O) groups is 1. The minimum absolute atomic E-state index is 0.0778. The van der Waals surface area contributed by atoms with E-state index in [2.05, 4.69) is 22.4 Å². The van der Waals surface area contributed by atoms with Crippen molar-refractivity contribution in [2.75, 3.05) is 17.7 Å². The lowest BCUT2D eigenvalue weighted by Gasteiger charge is -2.12. The molecule has 0 bridgehead atoms. The number of hydrogen-bond donors (Lipinski definition) is 2. The fraction of sp³-hybridized carbons (Fsp3) is 0.158. The molecule has 0 atom stereocenters. The first-order valence-electron chi connectivity index (χ1n) is 8.07. The first-order chi connectivity index (χ1) is 13.0. The van der Waals surface area contributed by atoms with Gasteiger partial charge < -0.3 is 15.8 Å². The SMILES string of the molecule is CCOc1ccc(-c2c(C#N)c(N)nc3sc(C#N)c(NC(C)=O)c23)cc1. The highest BCUT2D eigenvalue weighted by molar-refractivity contribution is 7.20. The Balaban J connectivity index is 2.38. The average Bonchev–Trinajstić information content (AvgIpc) is 2.98. The molecule has 0 unspecified atom stereocenters. The molecular formula is C19H15N5O2S. The number of aromatic nitrogens is 1. The van der Waals surface area contributed by atoms with E-state index < -0.39 is 0 Å². The van der Waals surface area contributed by atoms with Crippen LogP contribution in [0.2, 0.25) is 0 Å². The molecule has 3 rings (SSSR count). The Kier molecular flexibility index (Phi) is 4.93. The molecule has 0 aliphatic heterocycles. The summed E-state index contributed by atoms with van der Waals surface area (Å²) >= 11 is 1.12. The van der Waals surface area contributed by atoms with Gasteiger partial charge in [-0.15, -0.1) is 11.3 Å². The van der Waals surface area contributed by atoms with E-state index in [1.165, 1.54) is 6.92 Å². The predicted molar refractivity (Wildman–Crippen MR) is 104 cm³/mol. The summed E-state index contributed by atoms with van der Waals surface area (Å²) in [5.41, 5.74) is 7.78. The number of pyridine rings is 1. The van der Waals surface area contributed by atoms with E-state index in [0.29, 0.717) is 44.3 Å². The van der Waals surface area contributed by atoms with Crippen molar-refractivity contribution in [1.82, 2.24) is 4.98 Å². The molecule has 134 valence electrons. The van der Waals surface area contributed by atoms with E-state index in [-0.39, 0.29) is 17.3 Å². The Labute approximate surface area is 159 Å². The van der Waals surface area contributed by atoms with Crippen LogP contribution in [0.15, 0.2) is 24.3 Å². The number of rotatable bonds is 4. The maximum absolute atomic E-state index is 11.7. The second-order valence-corrected chi connectivity index (χ2v) is 6.59. The van der Waals surface area contributed by atoms with Gasteiger partial charge in [-0.2, -0.15) is 10.5 Å². The Bertz CT molecular complexity index is 1120. The third-order valence-corrected chi connectivity index (χ3v) is 4.82. The number of anilines is 2. The number of hydrogen-bond acceptors (Lipinski definition) is 7. The van der Waals surface area contributed by atoms with Crippen molar-refractivity contribution in [3.05, 3.63) is 34.7 Å². The summed E-state index contributed by atoms with van der Waals surface area (Å²) in [4.78, 5) is 16.7. The quantitative estimate of drug-likeness (QED) is 0.715. The third-order valence-electron chi connectivity index (χ3n) is 3.84. The maximum atomic E-state index is 11.7. The van der Waals surface area contributed by atoms with E-state index in [4.69, 9.17) is 10.5 Å². The fourth-order valence-electron chi connectivity index (χ4n) is 2.81. The van der Waals surface area contributed by atoms with E-state index in [9.17, 15) is 15.3 Å². The molecule has 0 fully saturated rings. The van der Waals surface area contributed by atoms with Crippen LogP contribution in [0.25, 0.3) is 21.3 Å². The van der Waals surface area contributed by atoms with Gasteiger partial charge in [0, 0.05) is 17.9 Å². The monoisotopic (exact) mass is 377 g/mol. The van der Waals surface area contributed by atoms with Gasteiger partial charge in [0.25, 0.3) is 0 Å². The number of carbonyl (C=O) groups excluding carboxylic acids is 1. The van der Waals surface area contributed by atoms with Crippen LogP contribution in [0.4, 0.5) is 11.5 Å². The van der Waals surface area contributed by atoms with Crippen molar-refractivity contribution >= 4 is 39.0 Å². The molecule has 0 radical (unpaired) electrons. The molecule has 3 aromatic rings. The number of nitrogens with one attached hydrogen (secondary N) is 1. The van der Waals surface area contributed by atoms with Crippen molar-refractivity contribution < 1.29 is 9.53 Å². The van der Waals surface area contributed by atoms with E-state index in [1.807, 2.05) is 6.92 Å². The first kappa shape index (κ1) is 18.2. The largest absolute Gasteiger partial charge is 0.494 e. The molecular weight excluding hydrogens is 362 g/mol. The number of nitrogen functional groups attached to an aromatic ring is 1. The molecule has 0 aliphatic carbocycles. The maximum Gasteiger partial charge on any atom is 0.221 e. The van der Waals surface area contributed by atoms with Crippen LogP contribution in [0.3, 0.4) is 0 Å². The van der Waals surface area contributed by atoms with Crippen LogP contribution in [-0.2, 0) is 4.79 Å². The fourth-order valence-corrected chi connectivity index (χ4v) is 3.75. The summed E-state index contributed by atoms with van der Waals surface area (Å²) in [5.74, 6) is 0.455. The van der Waals surface area contributed by atoms with Gasteiger partial charge in [0.2, 0.25) is 5.91 Å². The predicted octanol–water partition coefficient (Wildman–Crippen LogP) is 3.65. The molecule has 2 heterocycles. The van der Waals surface area contributed by atoms with Gasteiger partial charge in [-0.05, 0) is 24.6 Å². The van der Waals surface area contributed by atoms with Gasteiger partial charge in [-0.1, -0.05) is 12.1 Å². The topological polar surface area (TPSA) is 125 Å². The van der Waals surface area contributed by atoms with Crippen molar-refractivity contribution in [3.63, 3.8) is 0 Å². The normalized spacial score (nSPS) is 10.2. The molecule has 8 heteroatoms. The number of fused-ring (bicyclic) bond motifs is 1. The van der Waals surface area contributed by atoms with Crippen LogP contribution in [0, 0.1) is 22.7 Å². The van der Waals surface area contributed by atoms with Gasteiger partial charge in [-0.3, -0.25) is 4.79 Å². The molecule has 1 aromatic carbocycles. The summed E-state index contributed by atoms with van der Waals surface area (Å²) in [7, 11) is 0. The van der Waals surface area contributed by atoms with Crippen molar-refractivity contribution in [1.29, 1.82) is 10.5 Å². The summed E-state index contributed by atoms with van der Waals surface area (Å²) in [6, 6.07) is 11.4. The Morgan fingerprint density at radius 2 is 2.00 bits per heavy atom. The van der Waals surface area contributed by atoms with E-state index in [0.717, 1.165) is 11.3 Å². The molecule has 0 saturated carbocycles. The molecule has 2 aromatic heterocycles. The second-order valence-electron chi connectivity index (χ2n) is 5.60. The zero-order chi connectivity index (χ0) is 19.6. The molecule has 1 amide bonds.